The molecule has 656 valence electrons. The number of unbranched alkanes of at least 4 members (excludes halogenated alkanes) is 2. The Morgan fingerprint density at radius 3 is 1.80 bits per heavy atom. The van der Waals surface area contributed by atoms with Gasteiger partial charge in [-0.05, 0) is 114 Å². The van der Waals surface area contributed by atoms with E-state index in [1.54, 1.807) is 21.9 Å². The summed E-state index contributed by atoms with van der Waals surface area (Å²) >= 11 is 0. The predicted molar refractivity (Wildman–Crippen MR) is 437 cm³/mol. The van der Waals surface area contributed by atoms with Crippen LogP contribution >= 0.6 is 0 Å². The van der Waals surface area contributed by atoms with Crippen molar-refractivity contribution in [2.75, 3.05) is 135 Å². The third-order valence-corrected chi connectivity index (χ3v) is 22.2. The molecule has 5 aliphatic heterocycles. The van der Waals surface area contributed by atoms with Crippen LogP contribution < -0.4 is 44.1 Å². The number of anilines is 3. The fraction of sp³-hybridized carbons (Fsp3) is 0.461. The van der Waals surface area contributed by atoms with E-state index in [2.05, 4.69) is 41.5 Å². The van der Waals surface area contributed by atoms with Gasteiger partial charge in [0.25, 0.3) is 11.8 Å². The van der Waals surface area contributed by atoms with Crippen molar-refractivity contribution in [2.24, 2.45) is 5.41 Å². The summed E-state index contributed by atoms with van der Waals surface area (Å²) in [4.78, 5) is 142. The number of rotatable bonds is 38. The first-order valence-corrected chi connectivity index (χ1v) is 40.9. The molecule has 6 aromatic rings. The zero-order valence-corrected chi connectivity index (χ0v) is 69.4. The monoisotopic (exact) mass is 1700 g/mol. The first-order chi connectivity index (χ1) is 59.6. The number of ether oxygens (including phenoxy) is 17. The molecule has 2 saturated heterocycles. The third kappa shape index (κ3) is 21.3. The summed E-state index contributed by atoms with van der Waals surface area (Å²) < 4.78 is 98.2. The van der Waals surface area contributed by atoms with E-state index in [0.717, 1.165) is 79.0 Å². The molecular formula is C89H102N6O28. The minimum atomic E-state index is -1.86. The number of fused-ring (bicyclic) bond motifs is 8. The molecule has 3 fully saturated rings. The topological polar surface area (TPSA) is 385 Å². The number of methoxy groups -OCH3 is 3. The molecule has 0 bridgehead atoms. The number of hydrogen-bond donors (Lipinski definition) is 3. The summed E-state index contributed by atoms with van der Waals surface area (Å²) in [6.45, 7) is 9.14. The van der Waals surface area contributed by atoms with Crippen molar-refractivity contribution in [3.8, 4) is 39.9 Å². The SMILES string of the molecule is C=CCOC(=O)N1C[C@@H]2Cc3ccccc3CN2C(=O)c2cc(OC)c(OCCCCCOc3cc4c(cc3OC)C(=O)N3CC5(CC5)C[C@H]3[C@H](O)N4C(=O)OCc3ccc(O[C@@H]4O[C@H](C(=O)OC)[C@@H](OC(C)=O)[C@H](OC(C)=O)[C@H]4OC(C)=O)c(NC(=O)CCOCCOCCOCCOCCNC(=O)OCC4c5ccccc5-c5ccccc54)c3)cc21. The van der Waals surface area contributed by atoms with Crippen LogP contribution in [0.5, 0.6) is 28.7 Å². The number of hydrogen-bond acceptors (Lipinski definition) is 28. The van der Waals surface area contributed by atoms with Crippen LogP contribution in [0.3, 0.4) is 0 Å². The van der Waals surface area contributed by atoms with Gasteiger partial charge in [0.1, 0.15) is 25.6 Å². The highest BCUT2D eigenvalue weighted by Crippen LogP contribution is 2.57. The second kappa shape index (κ2) is 41.2. The summed E-state index contributed by atoms with van der Waals surface area (Å²) in [5.74, 6) is -4.63. The maximum absolute atomic E-state index is 15.0. The molecule has 1 spiro atoms. The van der Waals surface area contributed by atoms with Crippen LogP contribution in [-0.4, -0.2) is 244 Å². The van der Waals surface area contributed by atoms with Crippen LogP contribution in [0.25, 0.3) is 11.1 Å². The molecular weight excluding hydrogens is 1600 g/mol. The normalized spacial score (nSPS) is 19.9. The van der Waals surface area contributed by atoms with Crippen LogP contribution in [0.2, 0.25) is 0 Å². The van der Waals surface area contributed by atoms with E-state index in [-0.39, 0.29) is 173 Å². The van der Waals surface area contributed by atoms with E-state index < -0.39 is 104 Å². The number of alkyl carbamates (subject to hydrolysis) is 1. The van der Waals surface area contributed by atoms with Crippen LogP contribution in [0, 0.1) is 5.41 Å². The molecule has 13 rings (SSSR count). The number of carbonyl (C=O) groups excluding carboxylic acids is 10. The van der Waals surface area contributed by atoms with Crippen LogP contribution in [0.4, 0.5) is 31.4 Å². The molecule has 6 aromatic carbocycles. The second-order valence-electron chi connectivity index (χ2n) is 30.5. The minimum Gasteiger partial charge on any atom is -0.493 e. The van der Waals surface area contributed by atoms with E-state index in [1.807, 2.05) is 48.5 Å². The van der Waals surface area contributed by atoms with Crippen LogP contribution in [0.1, 0.15) is 120 Å². The van der Waals surface area contributed by atoms with Crippen molar-refractivity contribution < 1.29 is 134 Å². The maximum atomic E-state index is 15.0. The number of amides is 6. The quantitative estimate of drug-likeness (QED) is 0.0140. The Bertz CT molecular complexity index is 4820. The smallest absolute Gasteiger partial charge is 0.416 e. The van der Waals surface area contributed by atoms with Gasteiger partial charge in [-0.2, -0.15) is 0 Å². The Balaban J connectivity index is 0.635. The molecule has 2 aliphatic carbocycles. The number of aliphatic hydroxyl groups is 1. The fourth-order valence-electron chi connectivity index (χ4n) is 16.2. The lowest BCUT2D eigenvalue weighted by Gasteiger charge is -2.43. The molecule has 123 heavy (non-hydrogen) atoms. The molecule has 3 N–H and O–H groups in total. The number of carbonyl (C=O) groups is 10. The standard InChI is InChI=1S/C89H102N6O28/c1-8-30-116-87(105)93-49-59-42-57-18-10-11-19-58(57)48-92(59)81(100)64-43-72(107-5)74(45-68(64)93)114-31-16-9-17-32-115-75-46-69-65(44-73(75)108-6)82(101)94-52-89(27-28-89)47-70(94)83(102)95(69)88(106)118-50-56-24-25-71(122-85-80(121-55(4)98)78(120-54(3)97)77(119-53(2)96)79(123-85)84(103)109-7)67(41-56)91-76(99)26-33-110-35-37-112-39-40-113-38-36-111-34-29-90-86(104)117-51-66-62-22-14-12-20-60(62)61-21-13-15-23-63(61)66/h8,10-15,18-25,41,43-46,59,66,70,77-80,83,85,102H,1,9,16-17,26-40,42,47-52H2,2-7H3,(H,90,104)(H,91,99)/t59-,70-,77-,78-,79-,80+,83-,85+/m0/s1. The van der Waals surface area contributed by atoms with Gasteiger partial charge in [-0.25, -0.2) is 24.1 Å². The van der Waals surface area contributed by atoms with Gasteiger partial charge in [0, 0.05) is 58.5 Å². The summed E-state index contributed by atoms with van der Waals surface area (Å²) in [5, 5.41) is 18.0. The summed E-state index contributed by atoms with van der Waals surface area (Å²) in [6, 6.07) is 33.2. The summed E-state index contributed by atoms with van der Waals surface area (Å²) in [6.07, 6.45) is -7.52. The van der Waals surface area contributed by atoms with Crippen molar-refractivity contribution in [3.63, 3.8) is 0 Å². The van der Waals surface area contributed by atoms with Gasteiger partial charge in [-0.3, -0.25) is 33.7 Å². The van der Waals surface area contributed by atoms with E-state index in [4.69, 9.17) is 80.5 Å². The van der Waals surface area contributed by atoms with Gasteiger partial charge >= 0.3 is 42.2 Å². The molecule has 34 nitrogen and oxygen atoms in total. The Morgan fingerprint density at radius 1 is 0.593 bits per heavy atom. The highest BCUT2D eigenvalue weighted by molar-refractivity contribution is 6.07. The average molecular weight is 1700 g/mol. The zero-order valence-electron chi connectivity index (χ0n) is 69.4. The van der Waals surface area contributed by atoms with E-state index >= 15 is 4.79 Å². The number of esters is 4. The van der Waals surface area contributed by atoms with E-state index in [0.29, 0.717) is 56.6 Å². The molecule has 6 amide bonds. The van der Waals surface area contributed by atoms with Gasteiger partial charge in [0.2, 0.25) is 18.3 Å². The summed E-state index contributed by atoms with van der Waals surface area (Å²) in [7, 11) is 3.90. The number of nitrogens with zero attached hydrogens (tertiary/aromatic N) is 4. The van der Waals surface area contributed by atoms with Gasteiger partial charge in [-0.1, -0.05) is 91.5 Å². The summed E-state index contributed by atoms with van der Waals surface area (Å²) in [5.41, 5.74) is 7.04. The molecule has 0 unspecified atom stereocenters. The Labute approximate surface area is 710 Å². The maximum Gasteiger partial charge on any atom is 0.416 e. The molecule has 8 atom stereocenters. The highest BCUT2D eigenvalue weighted by Gasteiger charge is 2.59. The molecule has 0 radical (unpaired) electrons. The van der Waals surface area contributed by atoms with Gasteiger partial charge in [-0.15, -0.1) is 0 Å². The molecule has 1 saturated carbocycles. The lowest BCUT2D eigenvalue weighted by molar-refractivity contribution is -0.282. The fourth-order valence-corrected chi connectivity index (χ4v) is 16.2. The Kier molecular flexibility index (Phi) is 29.7. The van der Waals surface area contributed by atoms with Crippen molar-refractivity contribution in [1.82, 2.24) is 15.1 Å². The predicted octanol–water partition coefficient (Wildman–Crippen LogP) is 9.52. The van der Waals surface area contributed by atoms with E-state index in [1.165, 1.54) is 55.5 Å². The lowest BCUT2D eigenvalue weighted by atomic mass is 9.93. The molecule has 0 aromatic heterocycles. The largest absolute Gasteiger partial charge is 0.493 e. The second-order valence-corrected chi connectivity index (χ2v) is 30.5. The molecule has 34 heteroatoms. The minimum absolute atomic E-state index is 0.0224. The van der Waals surface area contributed by atoms with Crippen molar-refractivity contribution in [3.05, 3.63) is 167 Å². The first kappa shape index (κ1) is 88.7. The van der Waals surface area contributed by atoms with E-state index in [9.17, 15) is 48.3 Å². The zero-order chi connectivity index (χ0) is 86.8. The average Bonchev–Trinajstić information content (AvgIpc) is 1.59. The molecule has 5 heterocycles. The number of aliphatic hydroxyl groups excluding tert-OH is 1. The Hall–Kier alpha value is -12.1. The van der Waals surface area contributed by atoms with Crippen LogP contribution in [-0.2, 0) is 100 Å². The first-order valence-electron chi connectivity index (χ1n) is 40.9. The molecule has 7 aliphatic rings. The van der Waals surface area contributed by atoms with Crippen LogP contribution in [0.15, 0.2) is 128 Å². The highest BCUT2D eigenvalue weighted by atomic mass is 16.7. The van der Waals surface area contributed by atoms with Gasteiger partial charge in [0.15, 0.2) is 47.5 Å². The van der Waals surface area contributed by atoms with Gasteiger partial charge in [0.05, 0.1) is 141 Å². The van der Waals surface area contributed by atoms with Crippen molar-refractivity contribution >= 4 is 76.9 Å². The lowest BCUT2D eigenvalue weighted by Crippen LogP contribution is -2.64. The number of nitrogens with one attached hydrogen (secondary N) is 2. The van der Waals surface area contributed by atoms with Gasteiger partial charge < -0.3 is 106 Å². The van der Waals surface area contributed by atoms with Crippen molar-refractivity contribution in [1.29, 1.82) is 0 Å². The Morgan fingerprint density at radius 2 is 1.18 bits per heavy atom. The van der Waals surface area contributed by atoms with Crippen molar-refractivity contribution in [2.45, 2.75) is 140 Å². The number of benzene rings is 6. The third-order valence-electron chi connectivity index (χ3n) is 22.2.